The minimum atomic E-state index is 0.151. The van der Waals surface area contributed by atoms with Gasteiger partial charge in [0.15, 0.2) is 0 Å². The minimum absolute atomic E-state index is 0.151. The lowest BCUT2D eigenvalue weighted by molar-refractivity contribution is 0.752. The topological polar surface area (TPSA) is 48.7 Å². The average molecular weight is 249 g/mol. The smallest absolute Gasteiger partial charge is 0.103 e. The zero-order valence-electron chi connectivity index (χ0n) is 11.1. The Kier molecular flexibility index (Phi) is 4.41. The Morgan fingerprint density at radius 3 is 2.65 bits per heavy atom. The van der Waals surface area contributed by atoms with Crippen LogP contribution in [0.25, 0.3) is 0 Å². The molecule has 0 saturated carbocycles. The van der Waals surface area contributed by atoms with Crippen LogP contribution in [0, 0.1) is 25.2 Å². The number of rotatable bonds is 4. The Morgan fingerprint density at radius 2 is 2.12 bits per heavy atom. The summed E-state index contributed by atoms with van der Waals surface area (Å²) in [5, 5.41) is 12.5. The van der Waals surface area contributed by atoms with Crippen molar-refractivity contribution in [3.05, 3.63) is 23.0 Å². The third kappa shape index (κ3) is 3.64. The van der Waals surface area contributed by atoms with Crippen molar-refractivity contribution in [2.45, 2.75) is 32.4 Å². The number of thioether (sulfide) groups is 1. The van der Waals surface area contributed by atoms with Crippen molar-refractivity contribution in [1.82, 2.24) is 4.98 Å². The first-order chi connectivity index (χ1) is 7.89. The van der Waals surface area contributed by atoms with E-state index in [0.717, 1.165) is 23.6 Å². The molecular weight excluding hydrogens is 230 g/mol. The molecule has 0 saturated heterocycles. The first-order valence-electron chi connectivity index (χ1n) is 5.57. The molecule has 1 rings (SSSR count). The molecule has 0 aliphatic rings. The van der Waals surface area contributed by atoms with E-state index in [0.29, 0.717) is 5.56 Å². The maximum Gasteiger partial charge on any atom is 0.103 e. The standard InChI is InChI=1S/C13H19N3S/c1-9-6-12(11(7-14)10(2)16-9)15-8-13(3,4)17-5/h6H,8H2,1-5H3,(H,15,16). The van der Waals surface area contributed by atoms with Crippen molar-refractivity contribution in [3.63, 3.8) is 0 Å². The summed E-state index contributed by atoms with van der Waals surface area (Å²) >= 11 is 1.81. The molecule has 0 aliphatic carbocycles. The molecule has 0 aliphatic heterocycles. The van der Waals surface area contributed by atoms with E-state index in [9.17, 15) is 0 Å². The van der Waals surface area contributed by atoms with E-state index in [1.54, 1.807) is 0 Å². The molecule has 0 bridgehead atoms. The van der Waals surface area contributed by atoms with E-state index in [-0.39, 0.29) is 4.75 Å². The summed E-state index contributed by atoms with van der Waals surface area (Å²) < 4.78 is 0.151. The Morgan fingerprint density at radius 1 is 1.47 bits per heavy atom. The molecule has 1 aromatic heterocycles. The van der Waals surface area contributed by atoms with Crippen molar-refractivity contribution < 1.29 is 0 Å². The molecule has 1 heterocycles. The molecule has 0 fully saturated rings. The van der Waals surface area contributed by atoms with Crippen LogP contribution in [0.15, 0.2) is 6.07 Å². The van der Waals surface area contributed by atoms with Gasteiger partial charge in [-0.1, -0.05) is 0 Å². The fourth-order valence-electron chi connectivity index (χ4n) is 1.49. The lowest BCUT2D eigenvalue weighted by atomic mass is 10.1. The summed E-state index contributed by atoms with van der Waals surface area (Å²) in [5.41, 5.74) is 3.26. The highest BCUT2D eigenvalue weighted by Crippen LogP contribution is 2.24. The lowest BCUT2D eigenvalue weighted by Gasteiger charge is -2.23. The first kappa shape index (κ1) is 13.9. The second-order valence-electron chi connectivity index (χ2n) is 4.70. The number of nitrogens with one attached hydrogen (secondary N) is 1. The van der Waals surface area contributed by atoms with Gasteiger partial charge in [-0.05, 0) is 40.0 Å². The number of hydrogen-bond donors (Lipinski definition) is 1. The number of nitriles is 1. The van der Waals surface area contributed by atoms with E-state index in [2.05, 4.69) is 36.5 Å². The third-order valence-corrected chi connectivity index (χ3v) is 3.95. The van der Waals surface area contributed by atoms with Crippen LogP contribution in [0.1, 0.15) is 30.8 Å². The van der Waals surface area contributed by atoms with Gasteiger partial charge in [0.25, 0.3) is 0 Å². The lowest BCUT2D eigenvalue weighted by Crippen LogP contribution is -2.26. The number of aromatic nitrogens is 1. The minimum Gasteiger partial charge on any atom is -0.382 e. The molecule has 0 radical (unpaired) electrons. The van der Waals surface area contributed by atoms with Crippen molar-refractivity contribution in [3.8, 4) is 6.07 Å². The third-order valence-electron chi connectivity index (χ3n) is 2.70. The maximum absolute atomic E-state index is 9.14. The second kappa shape index (κ2) is 5.42. The van der Waals surface area contributed by atoms with Crippen LogP contribution in [-0.4, -0.2) is 22.5 Å². The SMILES string of the molecule is CSC(C)(C)CNc1cc(C)nc(C)c1C#N. The molecule has 1 aromatic rings. The number of anilines is 1. The predicted octanol–water partition coefficient (Wildman–Crippen LogP) is 3.12. The van der Waals surface area contributed by atoms with Gasteiger partial charge in [-0.25, -0.2) is 0 Å². The van der Waals surface area contributed by atoms with E-state index >= 15 is 0 Å². The number of aryl methyl sites for hydroxylation is 2. The Bertz CT molecular complexity index is 447. The Labute approximate surface area is 108 Å². The predicted molar refractivity (Wildman–Crippen MR) is 74.5 cm³/mol. The molecule has 4 heteroatoms. The van der Waals surface area contributed by atoms with Gasteiger partial charge in [0, 0.05) is 17.0 Å². The highest BCUT2D eigenvalue weighted by molar-refractivity contribution is 7.99. The van der Waals surface area contributed by atoms with E-state index in [1.165, 1.54) is 0 Å². The van der Waals surface area contributed by atoms with E-state index in [4.69, 9.17) is 5.26 Å². The molecule has 1 N–H and O–H groups in total. The molecule has 0 amide bonds. The Hall–Kier alpha value is -1.21. The number of pyridine rings is 1. The second-order valence-corrected chi connectivity index (χ2v) is 6.21. The average Bonchev–Trinajstić information content (AvgIpc) is 2.26. The highest BCUT2D eigenvalue weighted by atomic mass is 32.2. The van der Waals surface area contributed by atoms with Gasteiger partial charge in [-0.15, -0.1) is 0 Å². The molecule has 17 heavy (non-hydrogen) atoms. The monoisotopic (exact) mass is 249 g/mol. The van der Waals surface area contributed by atoms with Crippen LogP contribution in [0.3, 0.4) is 0 Å². The fourth-order valence-corrected chi connectivity index (χ4v) is 1.71. The normalized spacial score (nSPS) is 11.1. The summed E-state index contributed by atoms with van der Waals surface area (Å²) in [7, 11) is 0. The maximum atomic E-state index is 9.14. The zero-order valence-corrected chi connectivity index (χ0v) is 11.9. The van der Waals surface area contributed by atoms with Crippen molar-refractivity contribution >= 4 is 17.4 Å². The van der Waals surface area contributed by atoms with Crippen LogP contribution in [0.5, 0.6) is 0 Å². The molecule has 3 nitrogen and oxygen atoms in total. The van der Waals surface area contributed by atoms with Crippen LogP contribution >= 0.6 is 11.8 Å². The van der Waals surface area contributed by atoms with Gasteiger partial charge >= 0.3 is 0 Å². The van der Waals surface area contributed by atoms with Crippen LogP contribution in [0.4, 0.5) is 5.69 Å². The molecule has 0 atom stereocenters. The zero-order chi connectivity index (χ0) is 13.1. The summed E-state index contributed by atoms with van der Waals surface area (Å²) in [4.78, 5) is 4.30. The molecule has 92 valence electrons. The van der Waals surface area contributed by atoms with Gasteiger partial charge < -0.3 is 5.32 Å². The van der Waals surface area contributed by atoms with Crippen molar-refractivity contribution in [2.24, 2.45) is 0 Å². The van der Waals surface area contributed by atoms with Crippen LogP contribution in [0.2, 0.25) is 0 Å². The number of nitrogens with zero attached hydrogens (tertiary/aromatic N) is 2. The van der Waals surface area contributed by atoms with Gasteiger partial charge in [-0.3, -0.25) is 4.98 Å². The van der Waals surface area contributed by atoms with Gasteiger partial charge in [0.05, 0.1) is 16.9 Å². The summed E-state index contributed by atoms with van der Waals surface area (Å²) in [6.07, 6.45) is 2.09. The summed E-state index contributed by atoms with van der Waals surface area (Å²) in [6.45, 7) is 9.00. The van der Waals surface area contributed by atoms with E-state index in [1.807, 2.05) is 31.7 Å². The van der Waals surface area contributed by atoms with Gasteiger partial charge in [0.1, 0.15) is 6.07 Å². The van der Waals surface area contributed by atoms with Crippen LogP contribution in [-0.2, 0) is 0 Å². The molecule has 0 unspecified atom stereocenters. The molecule has 0 spiro atoms. The highest BCUT2D eigenvalue weighted by Gasteiger charge is 2.17. The fraction of sp³-hybridized carbons (Fsp3) is 0.538. The van der Waals surface area contributed by atoms with Crippen molar-refractivity contribution in [2.75, 3.05) is 18.1 Å². The van der Waals surface area contributed by atoms with Gasteiger partial charge in [0.2, 0.25) is 0 Å². The van der Waals surface area contributed by atoms with Crippen LogP contribution < -0.4 is 5.32 Å². The van der Waals surface area contributed by atoms with E-state index < -0.39 is 0 Å². The summed E-state index contributed by atoms with van der Waals surface area (Å²) in [5.74, 6) is 0. The van der Waals surface area contributed by atoms with Gasteiger partial charge in [-0.2, -0.15) is 17.0 Å². The largest absolute Gasteiger partial charge is 0.382 e. The quantitative estimate of drug-likeness (QED) is 0.890. The summed E-state index contributed by atoms with van der Waals surface area (Å²) in [6, 6.07) is 4.15. The molecular formula is C13H19N3S. The van der Waals surface area contributed by atoms with Crippen molar-refractivity contribution in [1.29, 1.82) is 5.26 Å². The Balaban J connectivity index is 2.95. The number of hydrogen-bond acceptors (Lipinski definition) is 4. The molecule has 0 aromatic carbocycles. The first-order valence-corrected chi connectivity index (χ1v) is 6.79.